The highest BCUT2D eigenvalue weighted by Gasteiger charge is 2.25. The SMILES string of the molecule is CCOc1ccc(-n2c(C)nnc2S[C@H](C[N+](=O)[O-])c2ccc(OCc3ccccc3F)c(OC)c2)cc1. The van der Waals surface area contributed by atoms with Crippen molar-refractivity contribution in [3.63, 3.8) is 0 Å². The van der Waals surface area contributed by atoms with Crippen LogP contribution in [0.5, 0.6) is 17.2 Å². The van der Waals surface area contributed by atoms with Gasteiger partial charge in [-0.3, -0.25) is 14.7 Å². The van der Waals surface area contributed by atoms with E-state index in [1.807, 2.05) is 42.7 Å². The summed E-state index contributed by atoms with van der Waals surface area (Å²) in [5, 5.41) is 20.0. The van der Waals surface area contributed by atoms with E-state index in [4.69, 9.17) is 14.2 Å². The number of benzene rings is 3. The second kappa shape index (κ2) is 12.4. The lowest BCUT2D eigenvalue weighted by atomic mass is 10.1. The predicted molar refractivity (Wildman–Crippen MR) is 141 cm³/mol. The molecule has 198 valence electrons. The van der Waals surface area contributed by atoms with Gasteiger partial charge in [0.1, 0.15) is 29.2 Å². The van der Waals surface area contributed by atoms with Crippen LogP contribution in [0, 0.1) is 22.9 Å². The van der Waals surface area contributed by atoms with Crippen molar-refractivity contribution in [3.05, 3.63) is 99.6 Å². The lowest BCUT2D eigenvalue weighted by Gasteiger charge is -2.17. The summed E-state index contributed by atoms with van der Waals surface area (Å²) in [5.41, 5.74) is 1.87. The summed E-state index contributed by atoms with van der Waals surface area (Å²) in [6.45, 7) is 3.96. The third-order valence-electron chi connectivity index (χ3n) is 5.66. The third kappa shape index (κ3) is 6.41. The molecule has 4 aromatic rings. The normalized spacial score (nSPS) is 11.7. The second-order valence-electron chi connectivity index (χ2n) is 8.20. The van der Waals surface area contributed by atoms with Crippen LogP contribution in [0.1, 0.15) is 29.1 Å². The molecule has 1 heterocycles. The summed E-state index contributed by atoms with van der Waals surface area (Å²) in [6.07, 6.45) is 0. The molecule has 4 rings (SSSR count). The minimum Gasteiger partial charge on any atom is -0.494 e. The van der Waals surface area contributed by atoms with Crippen LogP contribution in [-0.4, -0.2) is 39.9 Å². The van der Waals surface area contributed by atoms with Crippen LogP contribution in [0.3, 0.4) is 0 Å². The van der Waals surface area contributed by atoms with Crippen molar-refractivity contribution < 1.29 is 23.5 Å². The Kier molecular flexibility index (Phi) is 8.80. The molecule has 38 heavy (non-hydrogen) atoms. The fraction of sp³-hybridized carbons (Fsp3) is 0.259. The van der Waals surface area contributed by atoms with E-state index in [0.29, 0.717) is 40.2 Å². The molecule has 0 radical (unpaired) electrons. The summed E-state index contributed by atoms with van der Waals surface area (Å²) in [4.78, 5) is 11.2. The molecule has 9 nitrogen and oxygen atoms in total. The third-order valence-corrected chi connectivity index (χ3v) is 6.84. The van der Waals surface area contributed by atoms with Crippen LogP contribution in [0.15, 0.2) is 71.9 Å². The highest BCUT2D eigenvalue weighted by atomic mass is 32.2. The van der Waals surface area contributed by atoms with Crippen LogP contribution in [-0.2, 0) is 6.61 Å². The van der Waals surface area contributed by atoms with E-state index in [1.54, 1.807) is 36.4 Å². The predicted octanol–water partition coefficient (Wildman–Crippen LogP) is 5.81. The van der Waals surface area contributed by atoms with Crippen molar-refractivity contribution in [1.29, 1.82) is 0 Å². The molecule has 0 aliphatic heterocycles. The average Bonchev–Trinajstić information content (AvgIpc) is 3.27. The number of aryl methyl sites for hydroxylation is 1. The van der Waals surface area contributed by atoms with Gasteiger partial charge < -0.3 is 14.2 Å². The lowest BCUT2D eigenvalue weighted by Crippen LogP contribution is -2.11. The van der Waals surface area contributed by atoms with Crippen molar-refractivity contribution >= 4 is 11.8 Å². The Morgan fingerprint density at radius 2 is 1.82 bits per heavy atom. The molecule has 0 unspecified atom stereocenters. The van der Waals surface area contributed by atoms with Crippen molar-refractivity contribution in [2.24, 2.45) is 0 Å². The van der Waals surface area contributed by atoms with Gasteiger partial charge in [0.05, 0.1) is 13.7 Å². The van der Waals surface area contributed by atoms with E-state index < -0.39 is 5.25 Å². The molecule has 0 fully saturated rings. The standard InChI is InChI=1S/C27H27FN4O5S/c1-4-36-22-12-10-21(11-13-22)32-18(2)29-30-27(32)38-26(16-31(33)34)19-9-14-24(25(15-19)35-3)37-17-20-7-5-6-8-23(20)28/h5-15,26H,4,16-17H2,1-3H3/t26-/m1/s1. The molecule has 0 saturated carbocycles. The van der Waals surface area contributed by atoms with E-state index in [2.05, 4.69) is 10.2 Å². The number of halogens is 1. The number of methoxy groups -OCH3 is 1. The molecule has 0 spiro atoms. The maximum Gasteiger partial charge on any atom is 0.220 e. The van der Waals surface area contributed by atoms with E-state index >= 15 is 0 Å². The van der Waals surface area contributed by atoms with E-state index in [0.717, 1.165) is 11.4 Å². The van der Waals surface area contributed by atoms with Crippen LogP contribution >= 0.6 is 11.8 Å². The Labute approximate surface area is 223 Å². The van der Waals surface area contributed by atoms with E-state index in [-0.39, 0.29) is 23.9 Å². The topological polar surface area (TPSA) is 102 Å². The first-order valence-corrected chi connectivity index (χ1v) is 12.8. The maximum absolute atomic E-state index is 14.0. The molecule has 0 N–H and O–H groups in total. The van der Waals surface area contributed by atoms with Gasteiger partial charge in [-0.2, -0.15) is 0 Å². The van der Waals surface area contributed by atoms with Gasteiger partial charge in [0, 0.05) is 16.2 Å². The molecule has 0 aliphatic rings. The van der Waals surface area contributed by atoms with Gasteiger partial charge in [0.25, 0.3) is 0 Å². The first-order chi connectivity index (χ1) is 18.4. The highest BCUT2D eigenvalue weighted by molar-refractivity contribution is 7.99. The first kappa shape index (κ1) is 26.9. The smallest absolute Gasteiger partial charge is 0.220 e. The van der Waals surface area contributed by atoms with Gasteiger partial charge >= 0.3 is 0 Å². The van der Waals surface area contributed by atoms with Crippen LogP contribution in [0.4, 0.5) is 4.39 Å². The second-order valence-corrected chi connectivity index (χ2v) is 9.37. The van der Waals surface area contributed by atoms with E-state index in [1.165, 1.54) is 24.9 Å². The van der Waals surface area contributed by atoms with Gasteiger partial charge in [0.15, 0.2) is 16.7 Å². The summed E-state index contributed by atoms with van der Waals surface area (Å²) in [6, 6.07) is 18.9. The zero-order valence-corrected chi connectivity index (χ0v) is 22.0. The first-order valence-electron chi connectivity index (χ1n) is 11.9. The van der Waals surface area contributed by atoms with Gasteiger partial charge in [-0.1, -0.05) is 36.0 Å². The Bertz CT molecular complexity index is 1400. The van der Waals surface area contributed by atoms with Crippen molar-refractivity contribution in [2.75, 3.05) is 20.3 Å². The number of hydrogen-bond acceptors (Lipinski definition) is 8. The quantitative estimate of drug-likeness (QED) is 0.127. The average molecular weight is 539 g/mol. The zero-order valence-electron chi connectivity index (χ0n) is 21.2. The van der Waals surface area contributed by atoms with E-state index in [9.17, 15) is 14.5 Å². The Morgan fingerprint density at radius 3 is 2.50 bits per heavy atom. The number of ether oxygens (including phenoxy) is 3. The summed E-state index contributed by atoms with van der Waals surface area (Å²) < 4.78 is 32.6. The number of nitro groups is 1. The maximum atomic E-state index is 14.0. The molecular formula is C27H27FN4O5S. The molecule has 1 atom stereocenters. The largest absolute Gasteiger partial charge is 0.494 e. The number of nitrogens with zero attached hydrogens (tertiary/aromatic N) is 4. The Hall–Kier alpha value is -4.12. The van der Waals surface area contributed by atoms with Crippen LogP contribution in [0.25, 0.3) is 5.69 Å². The number of hydrogen-bond donors (Lipinski definition) is 0. The minimum absolute atomic E-state index is 0.0138. The number of aromatic nitrogens is 3. The monoisotopic (exact) mass is 538 g/mol. The van der Waals surface area contributed by atoms with Crippen molar-refractivity contribution in [3.8, 4) is 22.9 Å². The Morgan fingerprint density at radius 1 is 1.05 bits per heavy atom. The molecule has 0 bridgehead atoms. The van der Waals surface area contributed by atoms with Crippen LogP contribution in [0.2, 0.25) is 0 Å². The molecule has 0 amide bonds. The molecule has 0 aliphatic carbocycles. The van der Waals surface area contributed by atoms with Gasteiger partial charge in [-0.25, -0.2) is 4.39 Å². The highest BCUT2D eigenvalue weighted by Crippen LogP contribution is 2.39. The summed E-state index contributed by atoms with van der Waals surface area (Å²) in [5.74, 6) is 1.81. The number of rotatable bonds is 12. The molecule has 11 heteroatoms. The molecule has 0 saturated heterocycles. The number of thioether (sulfide) groups is 1. The van der Waals surface area contributed by atoms with Crippen molar-refractivity contribution in [1.82, 2.24) is 14.8 Å². The summed E-state index contributed by atoms with van der Waals surface area (Å²) >= 11 is 1.23. The zero-order chi connectivity index (χ0) is 27.1. The summed E-state index contributed by atoms with van der Waals surface area (Å²) in [7, 11) is 1.48. The lowest BCUT2D eigenvalue weighted by molar-refractivity contribution is -0.479. The molecular weight excluding hydrogens is 511 g/mol. The van der Waals surface area contributed by atoms with Gasteiger partial charge in [0.2, 0.25) is 6.54 Å². The molecule has 3 aromatic carbocycles. The van der Waals surface area contributed by atoms with Crippen LogP contribution < -0.4 is 14.2 Å². The fourth-order valence-corrected chi connectivity index (χ4v) is 4.99. The Balaban J connectivity index is 1.59. The van der Waals surface area contributed by atoms with Gasteiger partial charge in [-0.15, -0.1) is 10.2 Å². The minimum atomic E-state index is -0.593. The fourth-order valence-electron chi connectivity index (χ4n) is 3.82. The van der Waals surface area contributed by atoms with Crippen molar-refractivity contribution in [2.45, 2.75) is 30.9 Å². The van der Waals surface area contributed by atoms with Gasteiger partial charge in [-0.05, 0) is 61.9 Å². The molecule has 1 aromatic heterocycles.